The molecule has 0 aromatic heterocycles. The summed E-state index contributed by atoms with van der Waals surface area (Å²) in [5.41, 5.74) is 0.257. The molecule has 0 aromatic carbocycles. The standard InChI is InChI=1S/C15H24N2O3/c1-20-9-7-15(5-6-15)10-17-8-4-12(18)16-13(14(17)19)11-2-3-11/h11,13H,2-10H2,1H3,(H,16,18). The summed E-state index contributed by atoms with van der Waals surface area (Å²) in [6.45, 7) is 2.13. The largest absolute Gasteiger partial charge is 0.385 e. The Labute approximate surface area is 120 Å². The monoisotopic (exact) mass is 280 g/mol. The Hall–Kier alpha value is -1.10. The van der Waals surface area contributed by atoms with Crippen molar-refractivity contribution < 1.29 is 14.3 Å². The third-order valence-corrected chi connectivity index (χ3v) is 4.92. The molecule has 1 N–H and O–H groups in total. The van der Waals surface area contributed by atoms with Crippen molar-refractivity contribution in [3.05, 3.63) is 0 Å². The highest BCUT2D eigenvalue weighted by Crippen LogP contribution is 2.49. The molecule has 112 valence electrons. The van der Waals surface area contributed by atoms with Gasteiger partial charge >= 0.3 is 0 Å². The Morgan fingerprint density at radius 1 is 1.35 bits per heavy atom. The van der Waals surface area contributed by atoms with E-state index in [1.165, 1.54) is 12.8 Å². The highest BCUT2D eigenvalue weighted by Gasteiger charge is 2.47. The lowest BCUT2D eigenvalue weighted by Crippen LogP contribution is -2.47. The topological polar surface area (TPSA) is 58.6 Å². The number of rotatable bonds is 6. The van der Waals surface area contributed by atoms with E-state index in [4.69, 9.17) is 4.74 Å². The minimum atomic E-state index is -0.261. The number of hydrogen-bond acceptors (Lipinski definition) is 3. The minimum absolute atomic E-state index is 0.0273. The molecule has 0 bridgehead atoms. The van der Waals surface area contributed by atoms with Crippen molar-refractivity contribution in [2.24, 2.45) is 11.3 Å². The summed E-state index contributed by atoms with van der Waals surface area (Å²) in [5, 5.41) is 2.92. The molecule has 1 heterocycles. The van der Waals surface area contributed by atoms with Gasteiger partial charge in [-0.25, -0.2) is 0 Å². The predicted octanol–water partition coefficient (Wildman–Crippen LogP) is 0.930. The summed E-state index contributed by atoms with van der Waals surface area (Å²) >= 11 is 0. The van der Waals surface area contributed by atoms with Crippen LogP contribution in [0.4, 0.5) is 0 Å². The van der Waals surface area contributed by atoms with Gasteiger partial charge in [-0.15, -0.1) is 0 Å². The molecule has 5 nitrogen and oxygen atoms in total. The molecule has 5 heteroatoms. The normalized spacial score (nSPS) is 29.1. The molecule has 1 saturated heterocycles. The highest BCUT2D eigenvalue weighted by molar-refractivity contribution is 5.90. The fraction of sp³-hybridized carbons (Fsp3) is 0.867. The van der Waals surface area contributed by atoms with E-state index in [-0.39, 0.29) is 23.3 Å². The summed E-state index contributed by atoms with van der Waals surface area (Å²) in [6, 6.07) is -0.261. The number of amides is 2. The van der Waals surface area contributed by atoms with Gasteiger partial charge in [0.25, 0.3) is 0 Å². The fourth-order valence-corrected chi connectivity index (χ4v) is 3.14. The maximum atomic E-state index is 12.6. The number of ether oxygens (including phenoxy) is 1. The van der Waals surface area contributed by atoms with Crippen LogP contribution in [-0.2, 0) is 14.3 Å². The zero-order valence-electron chi connectivity index (χ0n) is 12.2. The third kappa shape index (κ3) is 2.97. The first kappa shape index (κ1) is 13.9. The van der Waals surface area contributed by atoms with Gasteiger partial charge in [-0.1, -0.05) is 0 Å². The predicted molar refractivity (Wildman–Crippen MR) is 74.0 cm³/mol. The second kappa shape index (κ2) is 5.35. The molecule has 3 fully saturated rings. The first-order chi connectivity index (χ1) is 9.63. The van der Waals surface area contributed by atoms with Gasteiger partial charge in [0.15, 0.2) is 0 Å². The lowest BCUT2D eigenvalue weighted by atomic mass is 10.0. The number of methoxy groups -OCH3 is 1. The van der Waals surface area contributed by atoms with Crippen LogP contribution >= 0.6 is 0 Å². The van der Waals surface area contributed by atoms with Gasteiger partial charge in [-0.2, -0.15) is 0 Å². The van der Waals surface area contributed by atoms with Gasteiger partial charge < -0.3 is 15.0 Å². The van der Waals surface area contributed by atoms with E-state index >= 15 is 0 Å². The van der Waals surface area contributed by atoms with Crippen LogP contribution in [0, 0.1) is 11.3 Å². The number of hydrogen-bond donors (Lipinski definition) is 1. The second-order valence-corrected chi connectivity index (χ2v) is 6.64. The van der Waals surface area contributed by atoms with Crippen LogP contribution in [0.2, 0.25) is 0 Å². The highest BCUT2D eigenvalue weighted by atomic mass is 16.5. The van der Waals surface area contributed by atoms with Crippen LogP contribution < -0.4 is 5.32 Å². The Morgan fingerprint density at radius 3 is 2.70 bits per heavy atom. The first-order valence-electron chi connectivity index (χ1n) is 7.71. The van der Waals surface area contributed by atoms with Crippen molar-refractivity contribution in [2.75, 3.05) is 26.8 Å². The molecule has 0 radical (unpaired) electrons. The SMILES string of the molecule is COCCC1(CN2CCC(=O)NC(C3CC3)C2=O)CC1. The quantitative estimate of drug-likeness (QED) is 0.787. The molecule has 2 amide bonds. The zero-order chi connectivity index (χ0) is 14.2. The van der Waals surface area contributed by atoms with Crippen LogP contribution in [-0.4, -0.2) is 49.6 Å². The van der Waals surface area contributed by atoms with Crippen LogP contribution in [0.5, 0.6) is 0 Å². The Bertz CT molecular complexity index is 402. The van der Waals surface area contributed by atoms with Gasteiger partial charge in [-0.05, 0) is 43.4 Å². The molecule has 3 rings (SSSR count). The zero-order valence-corrected chi connectivity index (χ0v) is 12.2. The van der Waals surface area contributed by atoms with Gasteiger partial charge in [0, 0.05) is 33.2 Å². The molecule has 2 aliphatic carbocycles. The van der Waals surface area contributed by atoms with E-state index in [0.29, 0.717) is 18.9 Å². The van der Waals surface area contributed by atoms with Crippen molar-refractivity contribution in [1.82, 2.24) is 10.2 Å². The Morgan fingerprint density at radius 2 is 2.10 bits per heavy atom. The van der Waals surface area contributed by atoms with E-state index in [0.717, 1.165) is 32.4 Å². The van der Waals surface area contributed by atoms with Crippen LogP contribution in [0.15, 0.2) is 0 Å². The van der Waals surface area contributed by atoms with Crippen LogP contribution in [0.25, 0.3) is 0 Å². The summed E-state index contributed by atoms with van der Waals surface area (Å²) in [4.78, 5) is 26.3. The molecule has 1 aliphatic heterocycles. The Kier molecular flexibility index (Phi) is 3.71. The van der Waals surface area contributed by atoms with E-state index in [2.05, 4.69) is 5.32 Å². The Balaban J connectivity index is 1.65. The van der Waals surface area contributed by atoms with Crippen molar-refractivity contribution >= 4 is 11.8 Å². The van der Waals surface area contributed by atoms with Crippen LogP contribution in [0.1, 0.15) is 38.5 Å². The van der Waals surface area contributed by atoms with E-state index < -0.39 is 0 Å². The van der Waals surface area contributed by atoms with Crippen molar-refractivity contribution in [1.29, 1.82) is 0 Å². The molecule has 20 heavy (non-hydrogen) atoms. The van der Waals surface area contributed by atoms with Gasteiger partial charge in [0.05, 0.1) is 0 Å². The van der Waals surface area contributed by atoms with Gasteiger partial charge in [0.1, 0.15) is 6.04 Å². The summed E-state index contributed by atoms with van der Waals surface area (Å²) in [6.07, 6.45) is 5.95. The molecule has 1 atom stereocenters. The number of carbonyl (C=O) groups is 2. The lowest BCUT2D eigenvalue weighted by molar-refractivity contribution is -0.135. The van der Waals surface area contributed by atoms with Gasteiger partial charge in [0.2, 0.25) is 11.8 Å². The van der Waals surface area contributed by atoms with E-state index in [1.54, 1.807) is 7.11 Å². The average Bonchev–Trinajstić information content (AvgIpc) is 3.31. The summed E-state index contributed by atoms with van der Waals surface area (Å²) in [5.74, 6) is 0.544. The molecule has 0 spiro atoms. The third-order valence-electron chi connectivity index (χ3n) is 4.92. The lowest BCUT2D eigenvalue weighted by Gasteiger charge is -2.28. The molecule has 1 unspecified atom stereocenters. The number of carbonyl (C=O) groups excluding carboxylic acids is 2. The maximum Gasteiger partial charge on any atom is 0.245 e. The van der Waals surface area contributed by atoms with Crippen molar-refractivity contribution in [3.8, 4) is 0 Å². The van der Waals surface area contributed by atoms with Crippen molar-refractivity contribution in [3.63, 3.8) is 0 Å². The van der Waals surface area contributed by atoms with Crippen LogP contribution in [0.3, 0.4) is 0 Å². The molecule has 3 aliphatic rings. The maximum absolute atomic E-state index is 12.6. The van der Waals surface area contributed by atoms with E-state index in [1.807, 2.05) is 4.90 Å². The molecular weight excluding hydrogens is 256 g/mol. The summed E-state index contributed by atoms with van der Waals surface area (Å²) in [7, 11) is 1.72. The van der Waals surface area contributed by atoms with E-state index in [9.17, 15) is 9.59 Å². The molecular formula is C15H24N2O3. The minimum Gasteiger partial charge on any atom is -0.385 e. The van der Waals surface area contributed by atoms with Gasteiger partial charge in [-0.3, -0.25) is 9.59 Å². The number of nitrogens with one attached hydrogen (secondary N) is 1. The smallest absolute Gasteiger partial charge is 0.245 e. The van der Waals surface area contributed by atoms with Crippen molar-refractivity contribution in [2.45, 2.75) is 44.6 Å². The first-order valence-corrected chi connectivity index (χ1v) is 7.71. The number of nitrogens with zero attached hydrogens (tertiary/aromatic N) is 1. The average molecular weight is 280 g/mol. The molecule has 2 saturated carbocycles. The summed E-state index contributed by atoms with van der Waals surface area (Å²) < 4.78 is 5.17. The molecule has 0 aromatic rings. The fourth-order valence-electron chi connectivity index (χ4n) is 3.14. The second-order valence-electron chi connectivity index (χ2n) is 6.64.